The van der Waals surface area contributed by atoms with Gasteiger partial charge in [-0.25, -0.2) is 4.98 Å². The van der Waals surface area contributed by atoms with Gasteiger partial charge in [-0.1, -0.05) is 0 Å². The molecule has 2 aliphatic carbocycles. The molecule has 0 unspecified atom stereocenters. The number of ether oxygens (including phenoxy) is 2. The predicted molar refractivity (Wildman–Crippen MR) is 74.5 cm³/mol. The summed E-state index contributed by atoms with van der Waals surface area (Å²) in [6, 6.07) is 4.66. The molecule has 4 nitrogen and oxygen atoms in total. The van der Waals surface area contributed by atoms with E-state index in [1.165, 1.54) is 25.7 Å². The zero-order valence-electron chi connectivity index (χ0n) is 11.5. The Bertz CT molecular complexity index is 387. The lowest BCUT2D eigenvalue weighted by molar-refractivity contribution is 0.144. The summed E-state index contributed by atoms with van der Waals surface area (Å²) >= 11 is 0. The lowest BCUT2D eigenvalue weighted by atomic mass is 10.1. The van der Waals surface area contributed by atoms with Crippen LogP contribution < -0.4 is 10.1 Å². The van der Waals surface area contributed by atoms with Gasteiger partial charge in [0.05, 0.1) is 18.5 Å². The van der Waals surface area contributed by atoms with E-state index in [1.54, 1.807) is 7.11 Å². The molecule has 3 rings (SSSR count). The minimum atomic E-state index is 0.545. The number of methoxy groups -OCH3 is 1. The van der Waals surface area contributed by atoms with Crippen molar-refractivity contribution in [1.82, 2.24) is 4.98 Å². The zero-order chi connectivity index (χ0) is 13.1. The third-order valence-corrected chi connectivity index (χ3v) is 3.87. The third kappa shape index (κ3) is 3.60. The smallest absolute Gasteiger partial charge is 0.213 e. The van der Waals surface area contributed by atoms with E-state index in [4.69, 9.17) is 9.47 Å². The van der Waals surface area contributed by atoms with Crippen molar-refractivity contribution in [3.8, 4) is 5.88 Å². The Balaban J connectivity index is 1.52. The van der Waals surface area contributed by atoms with Crippen LogP contribution in [0.4, 0.5) is 5.69 Å². The lowest BCUT2D eigenvalue weighted by Gasteiger charge is -2.18. The predicted octanol–water partition coefficient (Wildman–Crippen LogP) is 2.71. The normalized spacial score (nSPS) is 18.6. The topological polar surface area (TPSA) is 43.4 Å². The van der Waals surface area contributed by atoms with Gasteiger partial charge in [-0.15, -0.1) is 0 Å². The van der Waals surface area contributed by atoms with Crippen LogP contribution in [0.5, 0.6) is 5.88 Å². The summed E-state index contributed by atoms with van der Waals surface area (Å²) in [5, 5.41) is 3.65. The molecule has 2 aliphatic rings. The van der Waals surface area contributed by atoms with Crippen molar-refractivity contribution in [3.63, 3.8) is 0 Å². The molecule has 0 atom stereocenters. The number of nitrogens with zero attached hydrogens (tertiary/aromatic N) is 1. The van der Waals surface area contributed by atoms with Crippen LogP contribution in [0.2, 0.25) is 0 Å². The Hall–Kier alpha value is -1.29. The molecule has 1 aromatic heterocycles. The van der Waals surface area contributed by atoms with Gasteiger partial charge in [0.15, 0.2) is 0 Å². The summed E-state index contributed by atoms with van der Waals surface area (Å²) in [5.41, 5.74) is 1.11. The van der Waals surface area contributed by atoms with Crippen LogP contribution in [0, 0.1) is 11.8 Å². The Kier molecular flexibility index (Phi) is 3.87. The van der Waals surface area contributed by atoms with Crippen LogP contribution in [0.3, 0.4) is 0 Å². The second-order valence-corrected chi connectivity index (χ2v) is 5.57. The molecule has 19 heavy (non-hydrogen) atoms. The highest BCUT2D eigenvalue weighted by Gasteiger charge is 2.41. The molecule has 0 radical (unpaired) electrons. The highest BCUT2D eigenvalue weighted by Crippen LogP contribution is 2.45. The van der Waals surface area contributed by atoms with Crippen LogP contribution in [-0.4, -0.2) is 31.3 Å². The highest BCUT2D eigenvalue weighted by molar-refractivity contribution is 5.44. The maximum Gasteiger partial charge on any atom is 0.213 e. The maximum atomic E-state index is 5.46. The van der Waals surface area contributed by atoms with Gasteiger partial charge in [0.25, 0.3) is 0 Å². The molecule has 0 aromatic carbocycles. The largest absolute Gasteiger partial charge is 0.475 e. The molecule has 104 valence electrons. The number of anilines is 1. The molecule has 1 N–H and O–H groups in total. The molecular weight excluding hydrogens is 240 g/mol. The average molecular weight is 262 g/mol. The minimum Gasteiger partial charge on any atom is -0.475 e. The molecular formula is C15H22N2O2. The summed E-state index contributed by atoms with van der Waals surface area (Å²) in [7, 11) is 1.67. The van der Waals surface area contributed by atoms with E-state index < -0.39 is 0 Å². The molecule has 0 saturated heterocycles. The van der Waals surface area contributed by atoms with E-state index in [1.807, 2.05) is 12.3 Å². The van der Waals surface area contributed by atoms with Crippen LogP contribution in [0.1, 0.15) is 25.7 Å². The van der Waals surface area contributed by atoms with E-state index in [0.29, 0.717) is 25.1 Å². The maximum absolute atomic E-state index is 5.46. The fourth-order valence-electron chi connectivity index (χ4n) is 2.50. The van der Waals surface area contributed by atoms with Crippen LogP contribution >= 0.6 is 0 Å². The number of nitrogens with one attached hydrogen (secondary N) is 1. The molecule has 0 amide bonds. The van der Waals surface area contributed by atoms with Crippen molar-refractivity contribution in [1.29, 1.82) is 0 Å². The summed E-state index contributed by atoms with van der Waals surface area (Å²) in [6.45, 7) is 1.14. The van der Waals surface area contributed by atoms with Crippen molar-refractivity contribution in [3.05, 3.63) is 18.3 Å². The second-order valence-electron chi connectivity index (χ2n) is 5.57. The van der Waals surface area contributed by atoms with E-state index in [9.17, 15) is 0 Å². The first kappa shape index (κ1) is 12.7. The van der Waals surface area contributed by atoms with Gasteiger partial charge in [-0.3, -0.25) is 0 Å². The fourth-order valence-corrected chi connectivity index (χ4v) is 2.50. The van der Waals surface area contributed by atoms with Crippen LogP contribution in [0.25, 0.3) is 0 Å². The van der Waals surface area contributed by atoms with Gasteiger partial charge >= 0.3 is 0 Å². The molecule has 2 fully saturated rings. The summed E-state index contributed by atoms with van der Waals surface area (Å²) in [4.78, 5) is 4.32. The number of pyridine rings is 1. The fraction of sp³-hybridized carbons (Fsp3) is 0.667. The van der Waals surface area contributed by atoms with Crippen molar-refractivity contribution < 1.29 is 9.47 Å². The van der Waals surface area contributed by atoms with E-state index >= 15 is 0 Å². The van der Waals surface area contributed by atoms with E-state index in [2.05, 4.69) is 16.4 Å². The average Bonchev–Trinajstić information content (AvgIpc) is 3.30. The zero-order valence-corrected chi connectivity index (χ0v) is 11.5. The standard InChI is InChI=1S/C15H22N2O2/c1-18-8-9-19-14-7-6-13(10-16-14)17-15(11-2-3-11)12-4-5-12/h6-7,10-12,15,17H,2-5,8-9H2,1H3. The summed E-state index contributed by atoms with van der Waals surface area (Å²) < 4.78 is 10.4. The third-order valence-electron chi connectivity index (χ3n) is 3.87. The van der Waals surface area contributed by atoms with Gasteiger partial charge < -0.3 is 14.8 Å². The van der Waals surface area contributed by atoms with Crippen molar-refractivity contribution >= 4 is 5.69 Å². The van der Waals surface area contributed by atoms with E-state index in [0.717, 1.165) is 17.5 Å². The molecule has 0 bridgehead atoms. The van der Waals surface area contributed by atoms with E-state index in [-0.39, 0.29) is 0 Å². The quantitative estimate of drug-likeness (QED) is 0.732. The van der Waals surface area contributed by atoms with Crippen LogP contribution in [-0.2, 0) is 4.74 Å². The van der Waals surface area contributed by atoms with Crippen molar-refractivity contribution in [2.24, 2.45) is 11.8 Å². The monoisotopic (exact) mass is 262 g/mol. The Labute approximate surface area is 114 Å². The van der Waals surface area contributed by atoms with Crippen molar-refractivity contribution in [2.45, 2.75) is 31.7 Å². The molecule has 4 heteroatoms. The Morgan fingerprint density at radius 1 is 1.21 bits per heavy atom. The van der Waals surface area contributed by atoms with Gasteiger partial charge in [-0.2, -0.15) is 0 Å². The first-order valence-electron chi connectivity index (χ1n) is 7.21. The molecule has 0 spiro atoms. The molecule has 1 aromatic rings. The number of hydrogen-bond acceptors (Lipinski definition) is 4. The van der Waals surface area contributed by atoms with Gasteiger partial charge in [0, 0.05) is 19.2 Å². The molecule has 1 heterocycles. The summed E-state index contributed by atoms with van der Waals surface area (Å²) in [6.07, 6.45) is 7.43. The summed E-state index contributed by atoms with van der Waals surface area (Å²) in [5.74, 6) is 2.45. The first-order valence-corrected chi connectivity index (χ1v) is 7.21. The Morgan fingerprint density at radius 2 is 1.95 bits per heavy atom. The number of rotatable bonds is 8. The minimum absolute atomic E-state index is 0.545. The van der Waals surface area contributed by atoms with Gasteiger partial charge in [0.1, 0.15) is 6.61 Å². The highest BCUT2D eigenvalue weighted by atomic mass is 16.5. The lowest BCUT2D eigenvalue weighted by Crippen LogP contribution is -2.24. The van der Waals surface area contributed by atoms with Gasteiger partial charge in [0.2, 0.25) is 5.88 Å². The number of hydrogen-bond donors (Lipinski definition) is 1. The second kappa shape index (κ2) is 5.78. The number of aromatic nitrogens is 1. The molecule has 2 saturated carbocycles. The van der Waals surface area contributed by atoms with Crippen LogP contribution in [0.15, 0.2) is 18.3 Å². The van der Waals surface area contributed by atoms with Crippen molar-refractivity contribution in [2.75, 3.05) is 25.6 Å². The SMILES string of the molecule is COCCOc1ccc(NC(C2CC2)C2CC2)cn1. The molecule has 0 aliphatic heterocycles. The van der Waals surface area contributed by atoms with Gasteiger partial charge in [-0.05, 0) is 43.6 Å². The first-order chi connectivity index (χ1) is 9.36. The Morgan fingerprint density at radius 3 is 2.47 bits per heavy atom.